The van der Waals surface area contributed by atoms with Crippen LogP contribution in [0.5, 0.6) is 0 Å². The number of halogens is 1. The van der Waals surface area contributed by atoms with Crippen LogP contribution in [0.25, 0.3) is 0 Å². The fourth-order valence-corrected chi connectivity index (χ4v) is 4.90. The summed E-state index contributed by atoms with van der Waals surface area (Å²) in [5.74, 6) is 0. The third kappa shape index (κ3) is 5.40. The molecule has 0 saturated heterocycles. The highest BCUT2D eigenvalue weighted by Gasteiger charge is 2.22. The quantitative estimate of drug-likeness (QED) is 0.262. The van der Waals surface area contributed by atoms with Gasteiger partial charge in [0.25, 0.3) is 15.7 Å². The lowest BCUT2D eigenvalue weighted by atomic mass is 10.1. The van der Waals surface area contributed by atoms with Gasteiger partial charge in [0.15, 0.2) is 0 Å². The molecule has 0 fully saturated rings. The number of nitrogens with zero attached hydrogens (tertiary/aromatic N) is 2. The second-order valence-electron chi connectivity index (χ2n) is 6.77. The molecule has 1 heterocycles. The van der Waals surface area contributed by atoms with Crippen LogP contribution < -0.4 is 10.1 Å². The lowest BCUT2D eigenvalue weighted by Crippen LogP contribution is -2.14. The van der Waals surface area contributed by atoms with Gasteiger partial charge in [-0.15, -0.1) is 11.3 Å². The Bertz CT molecular complexity index is 1290. The molecule has 0 spiro atoms. The van der Waals surface area contributed by atoms with E-state index >= 15 is 0 Å². The predicted octanol–water partition coefficient (Wildman–Crippen LogP) is 5.56. The van der Waals surface area contributed by atoms with Gasteiger partial charge in [0.1, 0.15) is 5.69 Å². The Morgan fingerprint density at radius 3 is 2.42 bits per heavy atom. The second kappa shape index (κ2) is 9.04. The topological polar surface area (TPSA) is 114 Å². The van der Waals surface area contributed by atoms with Crippen molar-refractivity contribution >= 4 is 55.7 Å². The van der Waals surface area contributed by atoms with Crippen molar-refractivity contribution in [3.63, 3.8) is 0 Å². The molecule has 11 heteroatoms. The number of hydrazone groups is 1. The maximum Gasteiger partial charge on any atom is 0.295 e. The summed E-state index contributed by atoms with van der Waals surface area (Å²) in [6, 6.07) is 12.4. The summed E-state index contributed by atoms with van der Waals surface area (Å²) in [5, 5.41) is 15.7. The third-order valence-corrected chi connectivity index (χ3v) is 7.08. The highest BCUT2D eigenvalue weighted by molar-refractivity contribution is 7.92. The van der Waals surface area contributed by atoms with E-state index in [9.17, 15) is 18.5 Å². The van der Waals surface area contributed by atoms with Crippen molar-refractivity contribution in [2.75, 3.05) is 10.1 Å². The molecule has 0 aliphatic carbocycles. The first kappa shape index (κ1) is 22.7. The van der Waals surface area contributed by atoms with E-state index < -0.39 is 20.6 Å². The normalized spacial score (nSPS) is 11.9. The van der Waals surface area contributed by atoms with Gasteiger partial charge in [-0.1, -0.05) is 29.3 Å². The van der Waals surface area contributed by atoms with Gasteiger partial charge < -0.3 is 0 Å². The van der Waals surface area contributed by atoms with Crippen LogP contribution in [-0.2, 0) is 10.0 Å². The first-order chi connectivity index (χ1) is 14.6. The number of sulfonamides is 1. The minimum atomic E-state index is -4.02. The zero-order valence-corrected chi connectivity index (χ0v) is 19.2. The zero-order chi connectivity index (χ0) is 22.8. The van der Waals surface area contributed by atoms with E-state index in [0.29, 0.717) is 15.7 Å². The molecule has 8 nitrogen and oxygen atoms in total. The van der Waals surface area contributed by atoms with Crippen molar-refractivity contribution in [1.29, 1.82) is 0 Å². The molecule has 2 aromatic carbocycles. The van der Waals surface area contributed by atoms with E-state index in [0.717, 1.165) is 22.1 Å². The molecule has 0 saturated carbocycles. The predicted molar refractivity (Wildman–Crippen MR) is 125 cm³/mol. The number of thiophene rings is 1. The maximum absolute atomic E-state index is 12.8. The molecule has 0 aliphatic rings. The van der Waals surface area contributed by atoms with E-state index in [-0.39, 0.29) is 10.6 Å². The molecule has 0 radical (unpaired) electrons. The summed E-state index contributed by atoms with van der Waals surface area (Å²) in [4.78, 5) is 11.5. The molecule has 3 aromatic rings. The monoisotopic (exact) mass is 478 g/mol. The van der Waals surface area contributed by atoms with Crippen LogP contribution in [0.15, 0.2) is 58.5 Å². The van der Waals surface area contributed by atoms with Gasteiger partial charge in [0.2, 0.25) is 0 Å². The molecule has 0 unspecified atom stereocenters. The van der Waals surface area contributed by atoms with Crippen LogP contribution in [0.4, 0.5) is 17.1 Å². The number of benzene rings is 2. The number of aryl methyl sites for hydroxylation is 2. The Morgan fingerprint density at radius 1 is 1.10 bits per heavy atom. The minimum Gasteiger partial charge on any atom is -0.279 e. The molecular weight excluding hydrogens is 460 g/mol. The molecule has 162 valence electrons. The molecule has 31 heavy (non-hydrogen) atoms. The molecule has 3 rings (SSSR count). The van der Waals surface area contributed by atoms with Crippen LogP contribution in [-0.4, -0.2) is 19.1 Å². The number of nitro groups is 1. The smallest absolute Gasteiger partial charge is 0.279 e. The first-order valence-electron chi connectivity index (χ1n) is 9.01. The lowest BCUT2D eigenvalue weighted by Gasteiger charge is -2.12. The van der Waals surface area contributed by atoms with Gasteiger partial charge in [0.05, 0.1) is 30.4 Å². The Labute approximate surface area is 188 Å². The van der Waals surface area contributed by atoms with Gasteiger partial charge in [-0.05, 0) is 56.7 Å². The fourth-order valence-electron chi connectivity index (χ4n) is 2.76. The van der Waals surface area contributed by atoms with Gasteiger partial charge in [-0.2, -0.15) is 5.10 Å². The Morgan fingerprint density at radius 2 is 1.81 bits per heavy atom. The van der Waals surface area contributed by atoms with Gasteiger partial charge >= 0.3 is 0 Å². The van der Waals surface area contributed by atoms with E-state index in [4.69, 9.17) is 11.6 Å². The standard InChI is InChI=1S/C20H19ClN4O4S2/c1-12-4-6-16(13(2)10-12)24-31(28,29)15-5-7-17(18(11-15)25(26)27)23-22-14(3)19-8-9-20(21)30-19/h4-11,23-24H,1-3H3/b22-14+. The van der Waals surface area contributed by atoms with Gasteiger partial charge in [0, 0.05) is 6.07 Å². The lowest BCUT2D eigenvalue weighted by molar-refractivity contribution is -0.384. The largest absolute Gasteiger partial charge is 0.295 e. The number of rotatable bonds is 7. The van der Waals surface area contributed by atoms with E-state index in [1.807, 2.05) is 13.0 Å². The number of nitrogens with one attached hydrogen (secondary N) is 2. The van der Waals surface area contributed by atoms with Crippen molar-refractivity contribution in [1.82, 2.24) is 0 Å². The third-order valence-electron chi connectivity index (χ3n) is 4.38. The van der Waals surface area contributed by atoms with Gasteiger partial charge in [-0.3, -0.25) is 20.3 Å². The Kier molecular flexibility index (Phi) is 6.63. The summed E-state index contributed by atoms with van der Waals surface area (Å²) in [7, 11) is -4.02. The Balaban J connectivity index is 1.89. The molecule has 1 aromatic heterocycles. The van der Waals surface area contributed by atoms with Crippen LogP contribution >= 0.6 is 22.9 Å². The average Bonchev–Trinajstić information content (AvgIpc) is 3.14. The van der Waals surface area contributed by atoms with Crippen molar-refractivity contribution in [2.24, 2.45) is 5.10 Å². The summed E-state index contributed by atoms with van der Waals surface area (Å²) in [6.45, 7) is 5.41. The minimum absolute atomic E-state index is 0.0671. The number of anilines is 2. The van der Waals surface area contributed by atoms with Crippen molar-refractivity contribution in [3.8, 4) is 0 Å². The van der Waals surface area contributed by atoms with Crippen molar-refractivity contribution in [2.45, 2.75) is 25.7 Å². The zero-order valence-electron chi connectivity index (χ0n) is 16.8. The van der Waals surface area contributed by atoms with Crippen molar-refractivity contribution in [3.05, 3.63) is 79.0 Å². The number of nitro benzene ring substituents is 1. The van der Waals surface area contributed by atoms with Crippen LogP contribution in [0.1, 0.15) is 22.9 Å². The van der Waals surface area contributed by atoms with Crippen molar-refractivity contribution < 1.29 is 13.3 Å². The van der Waals surface area contributed by atoms with Crippen LogP contribution in [0.2, 0.25) is 4.34 Å². The van der Waals surface area contributed by atoms with E-state index in [1.165, 1.54) is 23.5 Å². The number of hydrogen-bond acceptors (Lipinski definition) is 7. The molecule has 0 amide bonds. The summed E-state index contributed by atoms with van der Waals surface area (Å²) >= 11 is 7.24. The Hall–Kier alpha value is -2.95. The summed E-state index contributed by atoms with van der Waals surface area (Å²) in [6.07, 6.45) is 0. The molecule has 0 aliphatic heterocycles. The molecule has 0 atom stereocenters. The average molecular weight is 479 g/mol. The molecule has 2 N–H and O–H groups in total. The maximum atomic E-state index is 12.8. The van der Waals surface area contributed by atoms with Crippen LogP contribution in [0.3, 0.4) is 0 Å². The summed E-state index contributed by atoms with van der Waals surface area (Å²) < 4.78 is 28.6. The number of hydrogen-bond donors (Lipinski definition) is 2. The molecular formula is C20H19ClN4O4S2. The first-order valence-corrected chi connectivity index (χ1v) is 11.7. The van der Waals surface area contributed by atoms with Crippen LogP contribution in [0, 0.1) is 24.0 Å². The second-order valence-corrected chi connectivity index (χ2v) is 10.2. The molecule has 0 bridgehead atoms. The van der Waals surface area contributed by atoms with E-state index in [2.05, 4.69) is 15.2 Å². The fraction of sp³-hybridized carbons (Fsp3) is 0.150. The highest BCUT2D eigenvalue weighted by atomic mass is 35.5. The highest BCUT2D eigenvalue weighted by Crippen LogP contribution is 2.30. The summed E-state index contributed by atoms with van der Waals surface area (Å²) in [5.41, 5.74) is 5.02. The van der Waals surface area contributed by atoms with Gasteiger partial charge in [-0.25, -0.2) is 8.42 Å². The SMILES string of the molecule is C/C(=N\Nc1ccc(S(=O)(=O)Nc2ccc(C)cc2C)cc1[N+](=O)[O-])c1ccc(Cl)s1. The van der Waals surface area contributed by atoms with E-state index in [1.54, 1.807) is 38.1 Å².